The van der Waals surface area contributed by atoms with Crippen LogP contribution in [-0.4, -0.2) is 4.57 Å². The summed E-state index contributed by atoms with van der Waals surface area (Å²) in [6.07, 6.45) is 0. The van der Waals surface area contributed by atoms with Crippen LogP contribution in [0, 0.1) is 0 Å². The molecule has 2 heteroatoms. The van der Waals surface area contributed by atoms with Crippen LogP contribution in [-0.2, 0) is 10.8 Å². The molecule has 0 aliphatic carbocycles. The highest BCUT2D eigenvalue weighted by atomic mass is 15.1. The highest BCUT2D eigenvalue weighted by molar-refractivity contribution is 6.10. The van der Waals surface area contributed by atoms with Crippen LogP contribution in [0.25, 0.3) is 27.5 Å². The van der Waals surface area contributed by atoms with Crippen molar-refractivity contribution in [2.24, 2.45) is 0 Å². The lowest BCUT2D eigenvalue weighted by molar-refractivity contribution is 0.569. The monoisotopic (exact) mass is 522 g/mol. The van der Waals surface area contributed by atoms with Gasteiger partial charge in [0.1, 0.15) is 0 Å². The van der Waals surface area contributed by atoms with Crippen molar-refractivity contribution >= 4 is 38.9 Å². The summed E-state index contributed by atoms with van der Waals surface area (Å²) in [6, 6.07) is 44.2. The van der Waals surface area contributed by atoms with E-state index in [1.54, 1.807) is 0 Å². The number of rotatable bonds is 4. The largest absolute Gasteiger partial charge is 0.310 e. The number of anilines is 3. The quantitative estimate of drug-likeness (QED) is 0.223. The number of hydrogen-bond acceptors (Lipinski definition) is 1. The fourth-order valence-electron chi connectivity index (χ4n) is 5.59. The van der Waals surface area contributed by atoms with Gasteiger partial charge in [0.25, 0.3) is 0 Å². The minimum absolute atomic E-state index is 0.0332. The van der Waals surface area contributed by atoms with Gasteiger partial charge in [0.2, 0.25) is 0 Å². The summed E-state index contributed by atoms with van der Waals surface area (Å²) in [5.74, 6) is 0. The second-order valence-corrected chi connectivity index (χ2v) is 12.8. The van der Waals surface area contributed by atoms with Crippen molar-refractivity contribution in [1.29, 1.82) is 0 Å². The first-order valence-electron chi connectivity index (χ1n) is 14.2. The average Bonchev–Trinajstić information content (AvgIpc) is 3.27. The lowest BCUT2D eigenvalue weighted by atomic mass is 9.80. The maximum Gasteiger partial charge on any atom is 0.0542 e. The summed E-state index contributed by atoms with van der Waals surface area (Å²) >= 11 is 0. The number of benzene rings is 5. The fraction of sp³-hybridized carbons (Fsp3) is 0.211. The summed E-state index contributed by atoms with van der Waals surface area (Å²) in [5, 5.41) is 2.51. The van der Waals surface area contributed by atoms with Gasteiger partial charge < -0.3 is 9.47 Å². The highest BCUT2D eigenvalue weighted by Crippen LogP contribution is 2.42. The molecule has 0 unspecified atom stereocenters. The maximum atomic E-state index is 2.42. The first kappa shape index (κ1) is 26.0. The van der Waals surface area contributed by atoms with Crippen molar-refractivity contribution in [1.82, 2.24) is 4.57 Å². The second kappa shape index (κ2) is 9.71. The normalized spacial score (nSPS) is 12.2. The molecule has 0 saturated carbocycles. The molecule has 0 fully saturated rings. The maximum absolute atomic E-state index is 2.42. The molecule has 0 spiro atoms. The minimum Gasteiger partial charge on any atom is -0.310 e. The first-order chi connectivity index (χ1) is 19.1. The molecule has 0 bridgehead atoms. The van der Waals surface area contributed by atoms with E-state index in [4.69, 9.17) is 0 Å². The van der Waals surface area contributed by atoms with Crippen LogP contribution < -0.4 is 4.90 Å². The number of aromatic nitrogens is 1. The standard InChI is InChI=1S/C38H38N2/c1-37(2,3)27-23-28(38(4,5)6)25-32(24-27)39(29-15-9-7-10-16-29)31-21-22-36-34(26-31)33-19-13-14-20-35(33)40(36)30-17-11-8-12-18-30/h7-26H,1-6H3. The molecule has 0 aliphatic rings. The molecule has 1 heterocycles. The molecule has 1 aromatic heterocycles. The molecule has 0 amide bonds. The van der Waals surface area contributed by atoms with E-state index >= 15 is 0 Å². The van der Waals surface area contributed by atoms with E-state index in [0.717, 1.165) is 11.4 Å². The molecule has 0 atom stereocenters. The highest BCUT2D eigenvalue weighted by Gasteiger charge is 2.24. The van der Waals surface area contributed by atoms with Gasteiger partial charge in [-0.15, -0.1) is 0 Å². The van der Waals surface area contributed by atoms with E-state index in [1.807, 2.05) is 0 Å². The summed E-state index contributed by atoms with van der Waals surface area (Å²) in [4.78, 5) is 2.42. The summed E-state index contributed by atoms with van der Waals surface area (Å²) in [6.45, 7) is 13.8. The molecule has 0 N–H and O–H groups in total. The Morgan fingerprint density at radius 1 is 0.450 bits per heavy atom. The molecule has 0 saturated heterocycles. The molecule has 2 nitrogen and oxygen atoms in total. The Morgan fingerprint density at radius 3 is 1.62 bits per heavy atom. The topological polar surface area (TPSA) is 8.17 Å². The zero-order chi connectivity index (χ0) is 28.1. The van der Waals surface area contributed by atoms with E-state index in [1.165, 1.54) is 44.3 Å². The van der Waals surface area contributed by atoms with E-state index in [0.29, 0.717) is 0 Å². The molecule has 200 valence electrons. The smallest absolute Gasteiger partial charge is 0.0542 e. The Morgan fingerprint density at radius 2 is 1.00 bits per heavy atom. The third kappa shape index (κ3) is 4.69. The van der Waals surface area contributed by atoms with Crippen LogP contribution in [0.2, 0.25) is 0 Å². The molecule has 5 aromatic carbocycles. The van der Waals surface area contributed by atoms with E-state index in [2.05, 4.69) is 172 Å². The third-order valence-corrected chi connectivity index (χ3v) is 7.85. The van der Waals surface area contributed by atoms with Crippen LogP contribution >= 0.6 is 0 Å². The van der Waals surface area contributed by atoms with E-state index in [-0.39, 0.29) is 10.8 Å². The van der Waals surface area contributed by atoms with Crippen LogP contribution in [0.5, 0.6) is 0 Å². The molecule has 0 radical (unpaired) electrons. The van der Waals surface area contributed by atoms with Crippen LogP contribution in [0.1, 0.15) is 52.7 Å². The fourth-order valence-corrected chi connectivity index (χ4v) is 5.59. The van der Waals surface area contributed by atoms with Crippen LogP contribution in [0.4, 0.5) is 17.1 Å². The summed E-state index contributed by atoms with van der Waals surface area (Å²) < 4.78 is 2.37. The molecular weight excluding hydrogens is 484 g/mol. The van der Waals surface area contributed by atoms with E-state index < -0.39 is 0 Å². The lowest BCUT2D eigenvalue weighted by Crippen LogP contribution is -2.19. The SMILES string of the molecule is CC(C)(C)c1cc(N(c2ccccc2)c2ccc3c(c2)c2ccccc2n3-c2ccccc2)cc(C(C)(C)C)c1. The number of para-hydroxylation sites is 3. The third-order valence-electron chi connectivity index (χ3n) is 7.85. The number of hydrogen-bond donors (Lipinski definition) is 0. The molecular formula is C38H38N2. The van der Waals surface area contributed by atoms with Crippen molar-refractivity contribution in [2.75, 3.05) is 4.90 Å². The van der Waals surface area contributed by atoms with Crippen molar-refractivity contribution in [3.8, 4) is 5.69 Å². The molecule has 40 heavy (non-hydrogen) atoms. The first-order valence-corrected chi connectivity index (χ1v) is 14.2. The van der Waals surface area contributed by atoms with E-state index in [9.17, 15) is 0 Å². The predicted octanol–water partition coefficient (Wildman–Crippen LogP) is 10.8. The van der Waals surface area contributed by atoms with Crippen molar-refractivity contribution in [3.63, 3.8) is 0 Å². The van der Waals surface area contributed by atoms with Gasteiger partial charge in [-0.1, -0.05) is 102 Å². The zero-order valence-corrected chi connectivity index (χ0v) is 24.4. The molecule has 6 aromatic rings. The van der Waals surface area contributed by atoms with Crippen LogP contribution in [0.3, 0.4) is 0 Å². The second-order valence-electron chi connectivity index (χ2n) is 12.8. The predicted molar refractivity (Wildman–Crippen MR) is 173 cm³/mol. The van der Waals surface area contributed by atoms with Gasteiger partial charge >= 0.3 is 0 Å². The summed E-state index contributed by atoms with van der Waals surface area (Å²) in [5.41, 5.74) is 9.86. The van der Waals surface area contributed by atoms with Gasteiger partial charge in [0.15, 0.2) is 0 Å². The molecule has 0 aliphatic heterocycles. The minimum atomic E-state index is 0.0332. The van der Waals surface area contributed by atoms with Crippen molar-refractivity contribution in [3.05, 3.63) is 132 Å². The van der Waals surface area contributed by atoms with Gasteiger partial charge in [-0.2, -0.15) is 0 Å². The number of fused-ring (bicyclic) bond motifs is 3. The average molecular weight is 523 g/mol. The van der Waals surface area contributed by atoms with Crippen molar-refractivity contribution in [2.45, 2.75) is 52.4 Å². The Bertz CT molecular complexity index is 1760. The van der Waals surface area contributed by atoms with Gasteiger partial charge in [-0.05, 0) is 82.6 Å². The Labute approximate surface area is 238 Å². The van der Waals surface area contributed by atoms with Crippen molar-refractivity contribution < 1.29 is 0 Å². The number of nitrogens with zero attached hydrogens (tertiary/aromatic N) is 2. The lowest BCUT2D eigenvalue weighted by Gasteiger charge is -2.31. The summed E-state index contributed by atoms with van der Waals surface area (Å²) in [7, 11) is 0. The van der Waals surface area contributed by atoms with Crippen LogP contribution in [0.15, 0.2) is 121 Å². The van der Waals surface area contributed by atoms with Gasteiger partial charge in [-0.3, -0.25) is 0 Å². The Balaban J connectivity index is 1.63. The van der Waals surface area contributed by atoms with Gasteiger partial charge in [0, 0.05) is 33.5 Å². The Hall–Kier alpha value is -4.30. The zero-order valence-electron chi connectivity index (χ0n) is 24.4. The van der Waals surface area contributed by atoms with Gasteiger partial charge in [-0.25, -0.2) is 0 Å². The molecule has 6 rings (SSSR count). The Kier molecular flexibility index (Phi) is 6.30. The van der Waals surface area contributed by atoms with Gasteiger partial charge in [0.05, 0.1) is 11.0 Å².